The number of methoxy groups -OCH3 is 1. The van der Waals surface area contributed by atoms with Crippen LogP contribution in [-0.2, 0) is 9.53 Å². The van der Waals surface area contributed by atoms with E-state index in [9.17, 15) is 4.79 Å². The van der Waals surface area contributed by atoms with Crippen LogP contribution in [0.25, 0.3) is 0 Å². The van der Waals surface area contributed by atoms with E-state index >= 15 is 0 Å². The largest absolute Gasteiger partial charge is 0.480 e. The summed E-state index contributed by atoms with van der Waals surface area (Å²) < 4.78 is 5.08. The number of hydrogen-bond donors (Lipinski definition) is 1. The van der Waals surface area contributed by atoms with Crippen molar-refractivity contribution in [2.24, 2.45) is 5.92 Å². The Kier molecular flexibility index (Phi) is 5.72. The average Bonchev–Trinajstić information content (AvgIpc) is 2.11. The molecule has 0 aromatic rings. The highest BCUT2D eigenvalue weighted by Crippen LogP contribution is 2.12. The molecule has 0 aliphatic carbocycles. The molecule has 0 amide bonds. The van der Waals surface area contributed by atoms with Crippen molar-refractivity contribution in [3.8, 4) is 0 Å². The monoisotopic (exact) mass is 203 g/mol. The fraction of sp³-hybridized carbons (Fsp3) is 0.900. The Hall–Kier alpha value is -0.610. The zero-order valence-corrected chi connectivity index (χ0v) is 9.65. The molecule has 0 spiro atoms. The van der Waals surface area contributed by atoms with Gasteiger partial charge in [-0.3, -0.25) is 9.69 Å². The molecule has 0 aliphatic heterocycles. The molecule has 0 fully saturated rings. The van der Waals surface area contributed by atoms with Crippen molar-refractivity contribution in [3.63, 3.8) is 0 Å². The van der Waals surface area contributed by atoms with E-state index in [-0.39, 0.29) is 6.04 Å². The van der Waals surface area contributed by atoms with Gasteiger partial charge in [-0.25, -0.2) is 0 Å². The van der Waals surface area contributed by atoms with Gasteiger partial charge in [-0.1, -0.05) is 13.8 Å². The number of ether oxygens (including phenoxy) is 1. The van der Waals surface area contributed by atoms with Gasteiger partial charge in [0.2, 0.25) is 0 Å². The minimum Gasteiger partial charge on any atom is -0.480 e. The zero-order valence-electron chi connectivity index (χ0n) is 9.65. The maximum atomic E-state index is 10.8. The van der Waals surface area contributed by atoms with Crippen molar-refractivity contribution in [1.29, 1.82) is 0 Å². The number of likely N-dealkylation sites (N-methyl/N-ethyl adjacent to an activating group) is 1. The molecule has 4 heteroatoms. The van der Waals surface area contributed by atoms with Crippen LogP contribution >= 0.6 is 0 Å². The first-order valence-corrected chi connectivity index (χ1v) is 4.85. The molecule has 0 saturated heterocycles. The van der Waals surface area contributed by atoms with Crippen LogP contribution in [0.1, 0.15) is 20.8 Å². The van der Waals surface area contributed by atoms with Gasteiger partial charge in [-0.15, -0.1) is 0 Å². The molecule has 14 heavy (non-hydrogen) atoms. The van der Waals surface area contributed by atoms with Gasteiger partial charge >= 0.3 is 5.97 Å². The van der Waals surface area contributed by atoms with E-state index in [1.54, 1.807) is 14.0 Å². The number of nitrogens with zero attached hydrogens (tertiary/aromatic N) is 1. The summed E-state index contributed by atoms with van der Waals surface area (Å²) in [6, 6.07) is -0.330. The Morgan fingerprint density at radius 1 is 1.43 bits per heavy atom. The van der Waals surface area contributed by atoms with Crippen LogP contribution in [0.3, 0.4) is 0 Å². The van der Waals surface area contributed by atoms with E-state index in [2.05, 4.69) is 13.8 Å². The quantitative estimate of drug-likeness (QED) is 0.701. The minimum atomic E-state index is -0.797. The number of carbonyl (C=O) groups is 1. The molecule has 0 saturated carbocycles. The summed E-state index contributed by atoms with van der Waals surface area (Å²) in [4.78, 5) is 12.6. The Morgan fingerprint density at radius 2 is 1.93 bits per heavy atom. The van der Waals surface area contributed by atoms with Crippen LogP contribution in [0.15, 0.2) is 0 Å². The summed E-state index contributed by atoms with van der Waals surface area (Å²) in [5.74, 6) is -0.420. The first-order chi connectivity index (χ1) is 6.41. The number of carboxylic acid groups (broad SMARTS) is 1. The van der Waals surface area contributed by atoms with Crippen molar-refractivity contribution in [3.05, 3.63) is 0 Å². The van der Waals surface area contributed by atoms with Crippen molar-refractivity contribution in [2.75, 3.05) is 20.8 Å². The van der Waals surface area contributed by atoms with E-state index in [1.165, 1.54) is 0 Å². The Bertz CT molecular complexity index is 182. The SMILES string of the molecule is COCC(C(C)C)N(C)C(C)C(=O)O. The van der Waals surface area contributed by atoms with E-state index in [4.69, 9.17) is 9.84 Å². The highest BCUT2D eigenvalue weighted by Gasteiger charge is 2.26. The molecule has 4 nitrogen and oxygen atoms in total. The topological polar surface area (TPSA) is 49.8 Å². The Morgan fingerprint density at radius 3 is 2.21 bits per heavy atom. The molecule has 1 N–H and O–H groups in total. The van der Waals surface area contributed by atoms with Crippen LogP contribution in [0.2, 0.25) is 0 Å². The summed E-state index contributed by atoms with van der Waals surface area (Å²) in [6.45, 7) is 6.38. The summed E-state index contributed by atoms with van der Waals surface area (Å²) in [6.07, 6.45) is 0. The van der Waals surface area contributed by atoms with Gasteiger partial charge in [0.05, 0.1) is 6.61 Å². The molecule has 0 aliphatic rings. The van der Waals surface area contributed by atoms with Gasteiger partial charge in [-0.2, -0.15) is 0 Å². The lowest BCUT2D eigenvalue weighted by atomic mass is 10.0. The number of hydrogen-bond acceptors (Lipinski definition) is 3. The maximum absolute atomic E-state index is 10.8. The van der Waals surface area contributed by atoms with Crippen LogP contribution in [0.5, 0.6) is 0 Å². The molecular formula is C10H21NO3. The van der Waals surface area contributed by atoms with Crippen molar-refractivity contribution >= 4 is 5.97 Å². The summed E-state index contributed by atoms with van der Waals surface area (Å²) in [5, 5.41) is 8.87. The number of carboxylic acids is 1. The van der Waals surface area contributed by atoms with Gasteiger partial charge in [0.1, 0.15) is 6.04 Å². The smallest absolute Gasteiger partial charge is 0.320 e. The maximum Gasteiger partial charge on any atom is 0.320 e. The molecule has 0 heterocycles. The molecule has 0 aromatic heterocycles. The Balaban J connectivity index is 4.41. The number of aliphatic carboxylic acids is 1. The first kappa shape index (κ1) is 13.4. The highest BCUT2D eigenvalue weighted by atomic mass is 16.5. The summed E-state index contributed by atoms with van der Waals surface area (Å²) >= 11 is 0. The van der Waals surface area contributed by atoms with E-state index in [0.29, 0.717) is 12.5 Å². The Labute approximate surface area is 85.9 Å². The number of rotatable bonds is 6. The average molecular weight is 203 g/mol. The van der Waals surface area contributed by atoms with Gasteiger partial charge in [0.15, 0.2) is 0 Å². The molecular weight excluding hydrogens is 182 g/mol. The molecule has 84 valence electrons. The third-order valence-corrected chi connectivity index (χ3v) is 2.60. The molecule has 2 atom stereocenters. The van der Waals surface area contributed by atoms with Crippen LogP contribution in [0.4, 0.5) is 0 Å². The molecule has 0 rings (SSSR count). The fourth-order valence-electron chi connectivity index (χ4n) is 1.41. The lowest BCUT2D eigenvalue weighted by Crippen LogP contribution is -2.47. The molecule has 0 bridgehead atoms. The van der Waals surface area contributed by atoms with E-state index < -0.39 is 12.0 Å². The van der Waals surface area contributed by atoms with Crippen molar-refractivity contribution < 1.29 is 14.6 Å². The van der Waals surface area contributed by atoms with E-state index in [1.807, 2.05) is 11.9 Å². The van der Waals surface area contributed by atoms with Gasteiger partial charge in [0.25, 0.3) is 0 Å². The fourth-order valence-corrected chi connectivity index (χ4v) is 1.41. The summed E-state index contributed by atoms with van der Waals surface area (Å²) in [5.41, 5.74) is 0. The minimum absolute atomic E-state index is 0.145. The zero-order chi connectivity index (χ0) is 11.3. The second-order valence-corrected chi connectivity index (χ2v) is 3.95. The lowest BCUT2D eigenvalue weighted by molar-refractivity contribution is -0.143. The van der Waals surface area contributed by atoms with Gasteiger partial charge < -0.3 is 9.84 Å². The third kappa shape index (κ3) is 3.64. The highest BCUT2D eigenvalue weighted by molar-refractivity contribution is 5.72. The lowest BCUT2D eigenvalue weighted by Gasteiger charge is -2.33. The normalized spacial score (nSPS) is 15.9. The molecule has 0 aromatic carbocycles. The second kappa shape index (κ2) is 5.98. The third-order valence-electron chi connectivity index (χ3n) is 2.60. The van der Waals surface area contributed by atoms with Gasteiger partial charge in [0, 0.05) is 13.2 Å². The van der Waals surface area contributed by atoms with Crippen molar-refractivity contribution in [2.45, 2.75) is 32.9 Å². The van der Waals surface area contributed by atoms with Crippen LogP contribution in [-0.4, -0.2) is 48.8 Å². The summed E-state index contributed by atoms with van der Waals surface area (Å²) in [7, 11) is 3.46. The van der Waals surface area contributed by atoms with Gasteiger partial charge in [-0.05, 0) is 19.9 Å². The predicted octanol–water partition coefficient (Wildman–Crippen LogP) is 1.06. The standard InChI is InChI=1S/C10H21NO3/c1-7(2)9(6-14-5)11(4)8(3)10(12)13/h7-9H,6H2,1-5H3,(H,12,13). The van der Waals surface area contributed by atoms with Crippen LogP contribution in [0, 0.1) is 5.92 Å². The molecule has 2 unspecified atom stereocenters. The second-order valence-electron chi connectivity index (χ2n) is 3.95. The first-order valence-electron chi connectivity index (χ1n) is 4.85. The van der Waals surface area contributed by atoms with Crippen LogP contribution < -0.4 is 0 Å². The van der Waals surface area contributed by atoms with E-state index in [0.717, 1.165) is 0 Å². The van der Waals surface area contributed by atoms with Crippen molar-refractivity contribution in [1.82, 2.24) is 4.90 Å². The molecule has 0 radical (unpaired) electrons. The predicted molar refractivity (Wildman–Crippen MR) is 55.4 cm³/mol.